The van der Waals surface area contributed by atoms with E-state index in [2.05, 4.69) is 22.3 Å². The second kappa shape index (κ2) is 13.5. The van der Waals surface area contributed by atoms with Gasteiger partial charge in [0, 0.05) is 17.7 Å². The van der Waals surface area contributed by atoms with E-state index in [0.29, 0.717) is 23.4 Å². The minimum Gasteiger partial charge on any atom is -0.480 e. The van der Waals surface area contributed by atoms with Gasteiger partial charge < -0.3 is 10.4 Å². The number of carboxylic acid groups (broad SMARTS) is 1. The van der Waals surface area contributed by atoms with Crippen LogP contribution in [-0.2, 0) is 16.1 Å². The van der Waals surface area contributed by atoms with Crippen LogP contribution in [0.4, 0.5) is 5.69 Å². The van der Waals surface area contributed by atoms with E-state index >= 15 is 0 Å². The number of likely N-dealkylation sites (tertiary alicyclic amines) is 1. The van der Waals surface area contributed by atoms with Crippen LogP contribution in [0, 0.1) is 0 Å². The van der Waals surface area contributed by atoms with Crippen LogP contribution >= 0.6 is 0 Å². The van der Waals surface area contributed by atoms with Crippen molar-refractivity contribution < 1.29 is 14.7 Å². The average Bonchev–Trinajstić information content (AvgIpc) is 3.40. The SMILES string of the molecule is CC/C=C/C[C@@H](N=C(c1ccccc1)c1ccccc1NC(=O)[C@@H]1CCCN1Cc1ccccc1)C(=O)O. The zero-order chi connectivity index (χ0) is 26.7. The summed E-state index contributed by atoms with van der Waals surface area (Å²) in [7, 11) is 0. The Morgan fingerprint density at radius 2 is 1.68 bits per heavy atom. The molecule has 0 radical (unpaired) electrons. The van der Waals surface area contributed by atoms with Crippen molar-refractivity contribution in [3.63, 3.8) is 0 Å². The molecule has 1 fully saturated rings. The lowest BCUT2D eigenvalue weighted by Gasteiger charge is -2.24. The number of carboxylic acids is 1. The zero-order valence-corrected chi connectivity index (χ0v) is 21.8. The van der Waals surface area contributed by atoms with Crippen LogP contribution in [0.3, 0.4) is 0 Å². The van der Waals surface area contributed by atoms with Gasteiger partial charge in [0.1, 0.15) is 0 Å². The van der Waals surface area contributed by atoms with E-state index in [1.165, 1.54) is 5.56 Å². The molecule has 1 saturated heterocycles. The number of allylic oxidation sites excluding steroid dienone is 1. The van der Waals surface area contributed by atoms with E-state index in [1.807, 2.05) is 91.9 Å². The Morgan fingerprint density at radius 3 is 2.39 bits per heavy atom. The van der Waals surface area contributed by atoms with E-state index in [9.17, 15) is 14.7 Å². The summed E-state index contributed by atoms with van der Waals surface area (Å²) in [5, 5.41) is 13.1. The molecular formula is C32H35N3O3. The molecule has 1 aliphatic heterocycles. The molecule has 6 nitrogen and oxygen atoms in total. The molecule has 38 heavy (non-hydrogen) atoms. The first-order valence-electron chi connectivity index (χ1n) is 13.3. The normalized spacial score (nSPS) is 17.0. The van der Waals surface area contributed by atoms with Crippen LogP contribution in [0.25, 0.3) is 0 Å². The molecule has 1 heterocycles. The number of rotatable bonds is 11. The fourth-order valence-corrected chi connectivity index (χ4v) is 4.80. The largest absolute Gasteiger partial charge is 0.480 e. The molecule has 0 spiro atoms. The number of carbonyl (C=O) groups is 2. The molecule has 1 aliphatic rings. The third kappa shape index (κ3) is 7.05. The predicted octanol–water partition coefficient (Wildman–Crippen LogP) is 5.94. The van der Waals surface area contributed by atoms with Gasteiger partial charge in [-0.2, -0.15) is 0 Å². The van der Waals surface area contributed by atoms with E-state index in [4.69, 9.17) is 4.99 Å². The van der Waals surface area contributed by atoms with Crippen LogP contribution < -0.4 is 5.32 Å². The minimum atomic E-state index is -0.983. The van der Waals surface area contributed by atoms with Crippen LogP contribution in [0.1, 0.15) is 49.3 Å². The lowest BCUT2D eigenvalue weighted by molar-refractivity contribution is -0.138. The maximum atomic E-state index is 13.5. The van der Waals surface area contributed by atoms with Crippen LogP contribution in [0.15, 0.2) is 102 Å². The summed E-state index contributed by atoms with van der Waals surface area (Å²) in [6, 6.07) is 26.1. The van der Waals surface area contributed by atoms with Gasteiger partial charge >= 0.3 is 5.97 Å². The molecule has 0 aromatic heterocycles. The highest BCUT2D eigenvalue weighted by molar-refractivity contribution is 6.17. The molecule has 0 saturated carbocycles. The quantitative estimate of drug-likeness (QED) is 0.248. The monoisotopic (exact) mass is 509 g/mol. The smallest absolute Gasteiger partial charge is 0.328 e. The van der Waals surface area contributed by atoms with Gasteiger partial charge in [-0.1, -0.05) is 97.9 Å². The van der Waals surface area contributed by atoms with Gasteiger partial charge in [-0.15, -0.1) is 0 Å². The van der Waals surface area contributed by atoms with Crippen LogP contribution in [-0.4, -0.2) is 46.2 Å². The van der Waals surface area contributed by atoms with E-state index in [0.717, 1.165) is 37.9 Å². The molecule has 0 unspecified atom stereocenters. The summed E-state index contributed by atoms with van der Waals surface area (Å²) < 4.78 is 0. The number of aliphatic imine (C=N–C) groups is 1. The molecule has 0 aliphatic carbocycles. The number of hydrogen-bond acceptors (Lipinski definition) is 4. The third-order valence-electron chi connectivity index (χ3n) is 6.71. The molecule has 2 atom stereocenters. The second-order valence-electron chi connectivity index (χ2n) is 9.46. The Labute approximate surface area is 224 Å². The Balaban J connectivity index is 1.64. The van der Waals surface area contributed by atoms with Crippen molar-refractivity contribution in [3.8, 4) is 0 Å². The van der Waals surface area contributed by atoms with Gasteiger partial charge in [0.25, 0.3) is 0 Å². The summed E-state index contributed by atoms with van der Waals surface area (Å²) in [4.78, 5) is 32.6. The molecule has 1 amide bonds. The van der Waals surface area contributed by atoms with Crippen LogP contribution in [0.2, 0.25) is 0 Å². The first kappa shape index (κ1) is 27.0. The fraction of sp³-hybridized carbons (Fsp3) is 0.281. The minimum absolute atomic E-state index is 0.0565. The number of carbonyl (C=O) groups excluding carboxylic acids is 1. The van der Waals surface area contributed by atoms with Gasteiger partial charge in [-0.25, -0.2) is 4.79 Å². The molecule has 196 valence electrons. The second-order valence-corrected chi connectivity index (χ2v) is 9.46. The van der Waals surface area contributed by atoms with Gasteiger partial charge in [-0.05, 0) is 43.9 Å². The number of nitrogens with one attached hydrogen (secondary N) is 1. The molecule has 3 aromatic carbocycles. The molecule has 3 aromatic rings. The van der Waals surface area contributed by atoms with Crippen molar-refractivity contribution >= 4 is 23.3 Å². The molecule has 2 N–H and O–H groups in total. The van der Waals surface area contributed by atoms with Gasteiger partial charge in [0.05, 0.1) is 17.4 Å². The summed E-state index contributed by atoms with van der Waals surface area (Å²) in [5.74, 6) is -1.04. The molecule has 0 bridgehead atoms. The number of anilines is 1. The topological polar surface area (TPSA) is 82.0 Å². The highest BCUT2D eigenvalue weighted by Gasteiger charge is 2.31. The first-order valence-corrected chi connectivity index (χ1v) is 13.3. The van der Waals surface area contributed by atoms with E-state index in [1.54, 1.807) is 0 Å². The Morgan fingerprint density at radius 1 is 1.00 bits per heavy atom. The first-order chi connectivity index (χ1) is 18.6. The number of para-hydroxylation sites is 1. The standard InChI is InChI=1S/C32H35N3O3/c1-2-3-6-20-28(32(37)38)33-30(25-16-9-5-10-17-25)26-18-11-12-19-27(26)34-31(36)29-21-13-22-35(29)23-24-14-7-4-8-15-24/h3-12,14-19,28-29H,2,13,20-23H2,1H3,(H,34,36)(H,37,38)/b6-3+,33-30?/t28-,29+/m1/s1. The molecule has 4 rings (SSSR count). The summed E-state index contributed by atoms with van der Waals surface area (Å²) >= 11 is 0. The predicted molar refractivity (Wildman–Crippen MR) is 152 cm³/mol. The lowest BCUT2D eigenvalue weighted by Crippen LogP contribution is -2.39. The summed E-state index contributed by atoms with van der Waals surface area (Å²) in [6.07, 6.45) is 6.70. The van der Waals surface area contributed by atoms with Gasteiger partial charge in [0.2, 0.25) is 5.91 Å². The number of nitrogens with zero attached hydrogens (tertiary/aromatic N) is 2. The van der Waals surface area contributed by atoms with Crippen molar-refractivity contribution in [2.45, 2.75) is 51.2 Å². The Bertz CT molecular complexity index is 1270. The van der Waals surface area contributed by atoms with Crippen molar-refractivity contribution in [1.29, 1.82) is 0 Å². The fourth-order valence-electron chi connectivity index (χ4n) is 4.80. The summed E-state index contributed by atoms with van der Waals surface area (Å²) in [6.45, 7) is 3.61. The number of hydrogen-bond donors (Lipinski definition) is 2. The maximum Gasteiger partial charge on any atom is 0.328 e. The highest BCUT2D eigenvalue weighted by atomic mass is 16.4. The van der Waals surface area contributed by atoms with Crippen molar-refractivity contribution in [3.05, 3.63) is 114 Å². The van der Waals surface area contributed by atoms with E-state index in [-0.39, 0.29) is 11.9 Å². The van der Waals surface area contributed by atoms with Crippen LogP contribution in [0.5, 0.6) is 0 Å². The highest BCUT2D eigenvalue weighted by Crippen LogP contribution is 2.25. The maximum absolute atomic E-state index is 13.5. The van der Waals surface area contributed by atoms with Crippen molar-refractivity contribution in [1.82, 2.24) is 4.90 Å². The van der Waals surface area contributed by atoms with Gasteiger partial charge in [0.15, 0.2) is 6.04 Å². The zero-order valence-electron chi connectivity index (χ0n) is 21.8. The molecular weight excluding hydrogens is 474 g/mol. The number of amides is 1. The number of benzene rings is 3. The van der Waals surface area contributed by atoms with E-state index < -0.39 is 12.0 Å². The average molecular weight is 510 g/mol. The number of aliphatic carboxylic acids is 1. The van der Waals surface area contributed by atoms with Crippen molar-refractivity contribution in [2.24, 2.45) is 4.99 Å². The molecule has 6 heteroatoms. The van der Waals surface area contributed by atoms with Gasteiger partial charge in [-0.3, -0.25) is 14.7 Å². The third-order valence-corrected chi connectivity index (χ3v) is 6.71. The van der Waals surface area contributed by atoms with Crippen molar-refractivity contribution in [2.75, 3.05) is 11.9 Å². The summed E-state index contributed by atoms with van der Waals surface area (Å²) in [5.41, 5.74) is 3.85. The Kier molecular flexibility index (Phi) is 9.59. The Hall–Kier alpha value is -4.03. The lowest BCUT2D eigenvalue weighted by atomic mass is 9.99.